The molecule has 0 bridgehead atoms. The maximum atomic E-state index is 12.9. The third-order valence-corrected chi connectivity index (χ3v) is 6.13. The predicted octanol–water partition coefficient (Wildman–Crippen LogP) is 1.56. The molecule has 0 aromatic heterocycles. The summed E-state index contributed by atoms with van der Waals surface area (Å²) >= 11 is 6.66. The summed E-state index contributed by atoms with van der Waals surface area (Å²) in [6.07, 6.45) is -2.66. The van der Waals surface area contributed by atoms with E-state index in [2.05, 4.69) is 37.2 Å². The number of β-amino-alcohol motifs (C(OH)–C–C–N with tert-alkyl or cyclic N) is 1. The summed E-state index contributed by atoms with van der Waals surface area (Å²) in [7, 11) is 0. The third kappa shape index (κ3) is 6.08. The first kappa shape index (κ1) is 24.7. The van der Waals surface area contributed by atoms with Crippen LogP contribution >= 0.6 is 31.9 Å². The van der Waals surface area contributed by atoms with Crippen molar-refractivity contribution in [2.24, 2.45) is 5.92 Å². The maximum Gasteiger partial charge on any atom is 0.254 e. The van der Waals surface area contributed by atoms with Gasteiger partial charge in [0.25, 0.3) is 5.91 Å². The summed E-state index contributed by atoms with van der Waals surface area (Å²) in [6, 6.07) is 12.6. The van der Waals surface area contributed by atoms with E-state index in [9.17, 15) is 24.9 Å². The van der Waals surface area contributed by atoms with Gasteiger partial charge in [-0.25, -0.2) is 0 Å². The van der Waals surface area contributed by atoms with Gasteiger partial charge in [0, 0.05) is 27.0 Å². The van der Waals surface area contributed by atoms with Crippen molar-refractivity contribution in [2.45, 2.75) is 18.2 Å². The highest BCUT2D eigenvalue weighted by atomic mass is 79.9. The molecule has 1 fully saturated rings. The molecule has 0 unspecified atom stereocenters. The second-order valence-electron chi connectivity index (χ2n) is 7.53. The molecule has 10 heteroatoms. The molecule has 4 N–H and O–H groups in total. The molecule has 3 rings (SSSR count). The van der Waals surface area contributed by atoms with Gasteiger partial charge in [0.1, 0.15) is 24.0 Å². The second-order valence-corrected chi connectivity index (χ2v) is 9.36. The summed E-state index contributed by atoms with van der Waals surface area (Å²) in [5, 5.41) is 32.8. The van der Waals surface area contributed by atoms with Gasteiger partial charge in [0.2, 0.25) is 5.91 Å². The largest absolute Gasteiger partial charge is 0.493 e. The highest BCUT2D eigenvalue weighted by Crippen LogP contribution is 2.23. The lowest BCUT2D eigenvalue weighted by Gasteiger charge is -2.26. The fraction of sp³-hybridized carbons (Fsp3) is 0.364. The van der Waals surface area contributed by atoms with Crippen LogP contribution in [0, 0.1) is 5.92 Å². The lowest BCUT2D eigenvalue weighted by Crippen LogP contribution is -2.51. The Kier molecular flexibility index (Phi) is 8.66. The molecule has 2 aromatic rings. The molecule has 8 nitrogen and oxygen atoms in total. The van der Waals surface area contributed by atoms with E-state index in [1.807, 2.05) is 12.1 Å². The molecule has 2 amide bonds. The molecule has 0 spiro atoms. The Labute approximate surface area is 202 Å². The Morgan fingerprint density at radius 1 is 1.12 bits per heavy atom. The maximum absolute atomic E-state index is 12.9. The number of aliphatic hydroxyl groups is 3. The van der Waals surface area contributed by atoms with Gasteiger partial charge >= 0.3 is 0 Å². The molecule has 1 heterocycles. The summed E-state index contributed by atoms with van der Waals surface area (Å²) in [5.41, 5.74) is 0.328. The number of hydrogen-bond acceptors (Lipinski definition) is 6. The van der Waals surface area contributed by atoms with E-state index in [-0.39, 0.29) is 26.3 Å². The molecule has 32 heavy (non-hydrogen) atoms. The first-order valence-corrected chi connectivity index (χ1v) is 11.6. The van der Waals surface area contributed by atoms with Crippen molar-refractivity contribution < 1.29 is 29.6 Å². The zero-order valence-electron chi connectivity index (χ0n) is 17.0. The number of aliphatic hydroxyl groups excluding tert-OH is 3. The van der Waals surface area contributed by atoms with Gasteiger partial charge in [0.05, 0.1) is 19.8 Å². The first-order valence-electron chi connectivity index (χ1n) is 9.99. The van der Waals surface area contributed by atoms with E-state index in [1.54, 1.807) is 36.4 Å². The minimum atomic E-state index is -1.42. The molecular formula is C22H24Br2N2O6. The van der Waals surface area contributed by atoms with Crippen molar-refractivity contribution in [3.63, 3.8) is 0 Å². The van der Waals surface area contributed by atoms with E-state index in [1.165, 1.54) is 4.90 Å². The quantitative estimate of drug-likeness (QED) is 0.382. The van der Waals surface area contributed by atoms with Crippen molar-refractivity contribution in [3.05, 3.63) is 63.0 Å². The van der Waals surface area contributed by atoms with Crippen molar-refractivity contribution in [2.75, 3.05) is 26.3 Å². The molecule has 0 radical (unpaired) electrons. The van der Waals surface area contributed by atoms with Crippen molar-refractivity contribution in [1.29, 1.82) is 0 Å². The van der Waals surface area contributed by atoms with Crippen LogP contribution in [0.25, 0.3) is 0 Å². The summed E-state index contributed by atoms with van der Waals surface area (Å²) in [6.45, 7) is -0.170. The van der Waals surface area contributed by atoms with E-state index in [4.69, 9.17) is 4.74 Å². The Bertz CT molecular complexity index is 960. The summed E-state index contributed by atoms with van der Waals surface area (Å²) in [5.74, 6) is -0.878. The van der Waals surface area contributed by atoms with Crippen LogP contribution in [-0.4, -0.2) is 76.6 Å². The zero-order chi connectivity index (χ0) is 23.3. The fourth-order valence-electron chi connectivity index (χ4n) is 3.41. The van der Waals surface area contributed by atoms with Crippen LogP contribution in [0.3, 0.4) is 0 Å². The Balaban J connectivity index is 1.62. The van der Waals surface area contributed by atoms with Gasteiger partial charge in [-0.2, -0.15) is 0 Å². The predicted molar refractivity (Wildman–Crippen MR) is 124 cm³/mol. The fourth-order valence-corrected chi connectivity index (χ4v) is 4.19. The number of hydrogen-bond donors (Lipinski definition) is 4. The van der Waals surface area contributed by atoms with Crippen LogP contribution in [-0.2, 0) is 4.79 Å². The van der Waals surface area contributed by atoms with Gasteiger partial charge in [-0.15, -0.1) is 0 Å². The van der Waals surface area contributed by atoms with Gasteiger partial charge in [-0.05, 0) is 36.4 Å². The molecular weight excluding hydrogens is 548 g/mol. The topological polar surface area (TPSA) is 119 Å². The number of carbonyl (C=O) groups excluding carboxylic acids is 2. The van der Waals surface area contributed by atoms with E-state index < -0.39 is 36.0 Å². The van der Waals surface area contributed by atoms with E-state index in [0.29, 0.717) is 15.8 Å². The highest BCUT2D eigenvalue weighted by Gasteiger charge is 2.46. The standard InChI is InChI=1S/C22H24Br2N2O6/c23-15-4-1-3-14(7-15)22(31)26-10-18(28)20(29)19(26)21(30)25-9-13(11-27)12-32-17-6-2-5-16(24)8-17/h1-8,13,18-20,27-29H,9-12H2,(H,25,30)/t13-,18-,19-,20-/m0/s1. The lowest BCUT2D eigenvalue weighted by atomic mass is 10.1. The average Bonchev–Trinajstić information content (AvgIpc) is 3.07. The molecule has 172 valence electrons. The number of ether oxygens (including phenoxy) is 1. The van der Waals surface area contributed by atoms with Crippen molar-refractivity contribution in [1.82, 2.24) is 10.2 Å². The molecule has 1 aliphatic heterocycles. The monoisotopic (exact) mass is 570 g/mol. The van der Waals surface area contributed by atoms with Crippen LogP contribution in [0.15, 0.2) is 57.5 Å². The van der Waals surface area contributed by atoms with Crippen molar-refractivity contribution in [3.8, 4) is 5.75 Å². The van der Waals surface area contributed by atoms with Crippen LogP contribution in [0.5, 0.6) is 5.75 Å². The van der Waals surface area contributed by atoms with E-state index >= 15 is 0 Å². The van der Waals surface area contributed by atoms with Gasteiger partial charge < -0.3 is 30.3 Å². The van der Waals surface area contributed by atoms with Crippen LogP contribution in [0.2, 0.25) is 0 Å². The summed E-state index contributed by atoms with van der Waals surface area (Å²) in [4.78, 5) is 26.9. The lowest BCUT2D eigenvalue weighted by molar-refractivity contribution is -0.128. The zero-order valence-corrected chi connectivity index (χ0v) is 20.2. The van der Waals surface area contributed by atoms with Crippen LogP contribution in [0.4, 0.5) is 0 Å². The molecule has 0 saturated carbocycles. The molecule has 2 aromatic carbocycles. The molecule has 1 aliphatic rings. The smallest absolute Gasteiger partial charge is 0.254 e. The first-order chi connectivity index (χ1) is 15.3. The number of carbonyl (C=O) groups is 2. The minimum Gasteiger partial charge on any atom is -0.493 e. The van der Waals surface area contributed by atoms with Crippen LogP contribution < -0.4 is 10.1 Å². The minimum absolute atomic E-state index is 0.0710. The highest BCUT2D eigenvalue weighted by molar-refractivity contribution is 9.10. The number of likely N-dealkylation sites (tertiary alicyclic amines) is 1. The number of rotatable bonds is 8. The molecule has 1 saturated heterocycles. The Hall–Kier alpha value is -1.98. The van der Waals surface area contributed by atoms with Crippen molar-refractivity contribution >= 4 is 43.7 Å². The van der Waals surface area contributed by atoms with Gasteiger partial charge in [-0.1, -0.05) is 44.0 Å². The molecule has 0 aliphatic carbocycles. The normalized spacial score (nSPS) is 21.3. The van der Waals surface area contributed by atoms with Gasteiger partial charge in [0.15, 0.2) is 0 Å². The Morgan fingerprint density at radius 2 is 1.81 bits per heavy atom. The number of amides is 2. The third-order valence-electron chi connectivity index (χ3n) is 5.14. The van der Waals surface area contributed by atoms with E-state index in [0.717, 1.165) is 4.47 Å². The number of nitrogens with zero attached hydrogens (tertiary/aromatic N) is 1. The molecule has 4 atom stereocenters. The average molecular weight is 572 g/mol. The van der Waals surface area contributed by atoms with Gasteiger partial charge in [-0.3, -0.25) is 9.59 Å². The Morgan fingerprint density at radius 3 is 2.47 bits per heavy atom. The number of halogens is 2. The SMILES string of the molecule is O=C(NC[C@@H](CO)COc1cccc(Br)c1)[C@@H]1[C@@H](O)[C@@H](O)CN1C(=O)c1cccc(Br)c1. The number of nitrogens with one attached hydrogen (secondary N) is 1. The number of benzene rings is 2. The van der Waals surface area contributed by atoms with Crippen LogP contribution in [0.1, 0.15) is 10.4 Å². The second kappa shape index (κ2) is 11.2. The summed E-state index contributed by atoms with van der Waals surface area (Å²) < 4.78 is 7.21.